The predicted octanol–water partition coefficient (Wildman–Crippen LogP) is 3.78. The van der Waals surface area contributed by atoms with Gasteiger partial charge in [0.25, 0.3) is 5.91 Å². The molecule has 0 saturated heterocycles. The number of amides is 1. The molecule has 4 heteroatoms. The summed E-state index contributed by atoms with van der Waals surface area (Å²) in [7, 11) is 0. The van der Waals surface area contributed by atoms with Crippen LogP contribution in [0.25, 0.3) is 0 Å². The van der Waals surface area contributed by atoms with Crippen LogP contribution in [0.5, 0.6) is 0 Å². The zero-order chi connectivity index (χ0) is 16.7. The van der Waals surface area contributed by atoms with Crippen LogP contribution in [0.2, 0.25) is 0 Å². The van der Waals surface area contributed by atoms with Gasteiger partial charge in [-0.25, -0.2) is 4.98 Å². The molecule has 0 radical (unpaired) electrons. The summed E-state index contributed by atoms with van der Waals surface area (Å²) in [5.41, 5.74) is 3.10. The van der Waals surface area contributed by atoms with E-state index in [0.29, 0.717) is 30.4 Å². The lowest BCUT2D eigenvalue weighted by Gasteiger charge is -2.10. The van der Waals surface area contributed by atoms with Gasteiger partial charge in [0, 0.05) is 24.8 Å². The summed E-state index contributed by atoms with van der Waals surface area (Å²) in [6.07, 6.45) is 2.65. The van der Waals surface area contributed by atoms with Crippen molar-refractivity contribution in [2.24, 2.45) is 5.92 Å². The fraction of sp³-hybridized carbons (Fsp3) is 0.368. The standard InChI is InChI=1S/C19H25N3O/c1-14(2)8-10-21-19(23)16-9-11-20-18(12-16)22-13-17-7-5-4-6-15(17)3/h4-7,9,11-12,14H,8,10,13H2,1-3H3,(H,20,22)(H,21,23). The molecule has 0 aliphatic heterocycles. The van der Waals surface area contributed by atoms with Crippen molar-refractivity contribution in [3.63, 3.8) is 0 Å². The van der Waals surface area contributed by atoms with E-state index in [0.717, 1.165) is 6.42 Å². The number of carbonyl (C=O) groups is 1. The van der Waals surface area contributed by atoms with Gasteiger partial charge in [-0.3, -0.25) is 4.79 Å². The number of anilines is 1. The number of pyridine rings is 1. The van der Waals surface area contributed by atoms with Crippen LogP contribution in [0.15, 0.2) is 42.6 Å². The summed E-state index contributed by atoms with van der Waals surface area (Å²) < 4.78 is 0. The largest absolute Gasteiger partial charge is 0.366 e. The fourth-order valence-corrected chi connectivity index (χ4v) is 2.24. The Balaban J connectivity index is 1.94. The topological polar surface area (TPSA) is 54.0 Å². The van der Waals surface area contributed by atoms with Crippen molar-refractivity contribution in [2.45, 2.75) is 33.7 Å². The highest BCUT2D eigenvalue weighted by Crippen LogP contribution is 2.12. The van der Waals surface area contributed by atoms with Crippen LogP contribution in [0.1, 0.15) is 41.8 Å². The molecule has 2 rings (SSSR count). The minimum atomic E-state index is -0.0491. The zero-order valence-electron chi connectivity index (χ0n) is 14.1. The maximum absolute atomic E-state index is 12.1. The van der Waals surface area contributed by atoms with E-state index in [4.69, 9.17) is 0 Å². The number of benzene rings is 1. The lowest BCUT2D eigenvalue weighted by Crippen LogP contribution is -2.25. The molecule has 0 aliphatic rings. The number of nitrogens with zero attached hydrogens (tertiary/aromatic N) is 1. The Morgan fingerprint density at radius 1 is 1.22 bits per heavy atom. The molecule has 0 bridgehead atoms. The van der Waals surface area contributed by atoms with Gasteiger partial charge in [-0.15, -0.1) is 0 Å². The van der Waals surface area contributed by atoms with Gasteiger partial charge in [0.2, 0.25) is 0 Å². The second kappa shape index (κ2) is 8.32. The van der Waals surface area contributed by atoms with Crippen molar-refractivity contribution in [1.82, 2.24) is 10.3 Å². The minimum Gasteiger partial charge on any atom is -0.366 e. The number of aromatic nitrogens is 1. The van der Waals surface area contributed by atoms with Crippen LogP contribution >= 0.6 is 0 Å². The van der Waals surface area contributed by atoms with E-state index in [1.54, 1.807) is 18.3 Å². The van der Waals surface area contributed by atoms with E-state index in [1.165, 1.54) is 11.1 Å². The Morgan fingerprint density at radius 2 is 2.00 bits per heavy atom. The smallest absolute Gasteiger partial charge is 0.251 e. The van der Waals surface area contributed by atoms with Gasteiger partial charge >= 0.3 is 0 Å². The van der Waals surface area contributed by atoms with Gasteiger partial charge in [0.05, 0.1) is 0 Å². The van der Waals surface area contributed by atoms with Crippen molar-refractivity contribution < 1.29 is 4.79 Å². The van der Waals surface area contributed by atoms with Crippen molar-refractivity contribution in [3.05, 3.63) is 59.3 Å². The first-order chi connectivity index (χ1) is 11.1. The lowest BCUT2D eigenvalue weighted by atomic mass is 10.1. The third-order valence-corrected chi connectivity index (χ3v) is 3.75. The molecule has 0 spiro atoms. The Morgan fingerprint density at radius 3 is 2.74 bits per heavy atom. The summed E-state index contributed by atoms with van der Waals surface area (Å²) in [4.78, 5) is 16.4. The number of hydrogen-bond donors (Lipinski definition) is 2. The highest BCUT2D eigenvalue weighted by atomic mass is 16.1. The normalized spacial score (nSPS) is 10.6. The van der Waals surface area contributed by atoms with E-state index in [2.05, 4.69) is 48.5 Å². The predicted molar refractivity (Wildman–Crippen MR) is 94.5 cm³/mol. The summed E-state index contributed by atoms with van der Waals surface area (Å²) >= 11 is 0. The van der Waals surface area contributed by atoms with Crippen LogP contribution < -0.4 is 10.6 Å². The Kier molecular flexibility index (Phi) is 6.15. The maximum atomic E-state index is 12.1. The van der Waals surface area contributed by atoms with Crippen LogP contribution in [0.4, 0.5) is 5.82 Å². The first-order valence-electron chi connectivity index (χ1n) is 8.09. The third kappa shape index (κ3) is 5.40. The number of carbonyl (C=O) groups excluding carboxylic acids is 1. The molecular weight excluding hydrogens is 286 g/mol. The van der Waals surface area contributed by atoms with Crippen LogP contribution in [-0.4, -0.2) is 17.4 Å². The molecule has 23 heavy (non-hydrogen) atoms. The minimum absolute atomic E-state index is 0.0491. The number of hydrogen-bond acceptors (Lipinski definition) is 3. The number of aryl methyl sites for hydroxylation is 1. The summed E-state index contributed by atoms with van der Waals surface area (Å²) in [6.45, 7) is 7.77. The summed E-state index contributed by atoms with van der Waals surface area (Å²) in [5.74, 6) is 1.25. The first-order valence-corrected chi connectivity index (χ1v) is 8.09. The SMILES string of the molecule is Cc1ccccc1CNc1cc(C(=O)NCCC(C)C)ccn1. The van der Waals surface area contributed by atoms with Crippen molar-refractivity contribution in [3.8, 4) is 0 Å². The molecule has 1 amide bonds. The highest BCUT2D eigenvalue weighted by molar-refractivity contribution is 5.94. The molecule has 1 aromatic carbocycles. The molecule has 0 saturated carbocycles. The van der Waals surface area contributed by atoms with Gasteiger partial charge in [-0.1, -0.05) is 38.1 Å². The van der Waals surface area contributed by atoms with Crippen LogP contribution in [0.3, 0.4) is 0 Å². The Bertz CT molecular complexity index is 653. The molecule has 1 heterocycles. The maximum Gasteiger partial charge on any atom is 0.251 e. The van der Waals surface area contributed by atoms with E-state index >= 15 is 0 Å². The average Bonchev–Trinajstić information content (AvgIpc) is 2.54. The van der Waals surface area contributed by atoms with Crippen LogP contribution in [-0.2, 0) is 6.54 Å². The average molecular weight is 311 g/mol. The molecule has 0 fully saturated rings. The Labute approximate surface area is 138 Å². The molecule has 1 aromatic heterocycles. The Hall–Kier alpha value is -2.36. The van der Waals surface area contributed by atoms with Crippen molar-refractivity contribution >= 4 is 11.7 Å². The van der Waals surface area contributed by atoms with E-state index < -0.39 is 0 Å². The summed E-state index contributed by atoms with van der Waals surface area (Å²) in [5, 5.41) is 6.23. The van der Waals surface area contributed by atoms with Gasteiger partial charge in [0.1, 0.15) is 5.82 Å². The molecule has 0 aliphatic carbocycles. The van der Waals surface area contributed by atoms with Gasteiger partial charge < -0.3 is 10.6 Å². The van der Waals surface area contributed by atoms with Crippen molar-refractivity contribution in [1.29, 1.82) is 0 Å². The zero-order valence-corrected chi connectivity index (χ0v) is 14.1. The molecule has 0 unspecified atom stereocenters. The van der Waals surface area contributed by atoms with Crippen LogP contribution in [0, 0.1) is 12.8 Å². The number of rotatable bonds is 7. The monoisotopic (exact) mass is 311 g/mol. The van der Waals surface area contributed by atoms with Crippen molar-refractivity contribution in [2.75, 3.05) is 11.9 Å². The molecule has 122 valence electrons. The highest BCUT2D eigenvalue weighted by Gasteiger charge is 2.07. The molecule has 2 aromatic rings. The van der Waals surface area contributed by atoms with Gasteiger partial charge in [-0.05, 0) is 42.5 Å². The second-order valence-corrected chi connectivity index (χ2v) is 6.15. The summed E-state index contributed by atoms with van der Waals surface area (Å²) in [6, 6.07) is 11.8. The van der Waals surface area contributed by atoms with E-state index in [1.807, 2.05) is 12.1 Å². The fourth-order valence-electron chi connectivity index (χ4n) is 2.24. The van der Waals surface area contributed by atoms with E-state index in [-0.39, 0.29) is 5.91 Å². The third-order valence-electron chi connectivity index (χ3n) is 3.75. The van der Waals surface area contributed by atoms with Gasteiger partial charge in [0.15, 0.2) is 0 Å². The molecule has 4 nitrogen and oxygen atoms in total. The second-order valence-electron chi connectivity index (χ2n) is 6.15. The molecular formula is C19H25N3O. The molecule has 0 atom stereocenters. The van der Waals surface area contributed by atoms with E-state index in [9.17, 15) is 4.79 Å². The lowest BCUT2D eigenvalue weighted by molar-refractivity contribution is 0.0952. The number of nitrogens with one attached hydrogen (secondary N) is 2. The quantitative estimate of drug-likeness (QED) is 0.818. The first kappa shape index (κ1) is 17.0. The van der Waals surface area contributed by atoms with Gasteiger partial charge in [-0.2, -0.15) is 0 Å². The molecule has 2 N–H and O–H groups in total.